The van der Waals surface area contributed by atoms with Gasteiger partial charge in [-0.15, -0.1) is 11.3 Å². The first-order chi connectivity index (χ1) is 9.56. The van der Waals surface area contributed by atoms with E-state index in [4.69, 9.17) is 9.47 Å². The maximum absolute atomic E-state index is 11.8. The highest BCUT2D eigenvalue weighted by Gasteiger charge is 2.12. The molecule has 1 aromatic carbocycles. The van der Waals surface area contributed by atoms with Gasteiger partial charge in [-0.25, -0.2) is 4.79 Å². The maximum Gasteiger partial charge on any atom is 0.353 e. The van der Waals surface area contributed by atoms with Crippen LogP contribution in [0, 0.1) is 5.92 Å². The molecule has 1 heterocycles. The monoisotopic (exact) mass is 290 g/mol. The zero-order chi connectivity index (χ0) is 14.5. The third-order valence-corrected chi connectivity index (χ3v) is 3.28. The lowest BCUT2D eigenvalue weighted by molar-refractivity contribution is -0.137. The number of carbonyl (C=O) groups is 2. The van der Waals surface area contributed by atoms with Gasteiger partial charge in [-0.3, -0.25) is 4.79 Å². The van der Waals surface area contributed by atoms with Gasteiger partial charge in [0, 0.05) is 6.07 Å². The average Bonchev–Trinajstić information content (AvgIpc) is 2.92. The number of carbonyl (C=O) groups excluding carboxylic acids is 2. The highest BCUT2D eigenvalue weighted by molar-refractivity contribution is 7.12. The molecule has 0 radical (unpaired) electrons. The minimum Gasteiger partial charge on any atom is -0.426 e. The van der Waals surface area contributed by atoms with E-state index in [9.17, 15) is 9.59 Å². The first-order valence-electron chi connectivity index (χ1n) is 6.13. The van der Waals surface area contributed by atoms with Crippen LogP contribution in [-0.4, -0.2) is 11.9 Å². The predicted molar refractivity (Wildman–Crippen MR) is 76.2 cm³/mol. The van der Waals surface area contributed by atoms with Crippen LogP contribution in [0.3, 0.4) is 0 Å². The number of thiophene rings is 1. The molecule has 4 nitrogen and oxygen atoms in total. The highest BCUT2D eigenvalue weighted by atomic mass is 32.1. The summed E-state index contributed by atoms with van der Waals surface area (Å²) in [5, 5.41) is 1.80. The molecule has 0 aliphatic carbocycles. The quantitative estimate of drug-likeness (QED) is 0.638. The van der Waals surface area contributed by atoms with Crippen LogP contribution in [0.1, 0.15) is 23.5 Å². The molecule has 20 heavy (non-hydrogen) atoms. The smallest absolute Gasteiger partial charge is 0.353 e. The number of ether oxygens (including phenoxy) is 2. The van der Waals surface area contributed by atoms with Crippen molar-refractivity contribution in [2.24, 2.45) is 5.92 Å². The van der Waals surface area contributed by atoms with Gasteiger partial charge in [-0.05, 0) is 23.6 Å². The molecule has 2 rings (SSSR count). The predicted octanol–water partition coefficient (Wildman–Crippen LogP) is 3.53. The number of hydrogen-bond donors (Lipinski definition) is 0. The van der Waals surface area contributed by atoms with E-state index in [2.05, 4.69) is 0 Å². The molecular formula is C15H14O4S. The van der Waals surface area contributed by atoms with Gasteiger partial charge < -0.3 is 9.47 Å². The van der Waals surface area contributed by atoms with Crippen molar-refractivity contribution < 1.29 is 19.1 Å². The Balaban J connectivity index is 2.06. The van der Waals surface area contributed by atoms with Crippen LogP contribution in [0.15, 0.2) is 41.8 Å². The maximum atomic E-state index is 11.8. The Morgan fingerprint density at radius 3 is 2.35 bits per heavy atom. The summed E-state index contributed by atoms with van der Waals surface area (Å²) >= 11 is 1.31. The first-order valence-corrected chi connectivity index (χ1v) is 7.01. The lowest BCUT2D eigenvalue weighted by Gasteiger charge is -2.08. The van der Waals surface area contributed by atoms with Crippen molar-refractivity contribution in [2.75, 3.05) is 0 Å². The Morgan fingerprint density at radius 1 is 1.05 bits per heavy atom. The second-order valence-corrected chi connectivity index (χ2v) is 5.37. The Hall–Kier alpha value is -2.14. The van der Waals surface area contributed by atoms with E-state index in [1.165, 1.54) is 17.4 Å². The lowest BCUT2D eigenvalue weighted by Crippen LogP contribution is -2.14. The van der Waals surface area contributed by atoms with E-state index >= 15 is 0 Å². The number of hydrogen-bond acceptors (Lipinski definition) is 5. The standard InChI is InChI=1S/C15H14O4S/c1-10(2)14(16)18-11-5-3-6-12(9-11)19-15(17)13-7-4-8-20-13/h3-10H,1-2H3. The van der Waals surface area contributed by atoms with E-state index in [1.807, 2.05) is 0 Å². The molecule has 0 amide bonds. The minimum atomic E-state index is -0.424. The topological polar surface area (TPSA) is 52.6 Å². The zero-order valence-corrected chi connectivity index (χ0v) is 12.0. The van der Waals surface area contributed by atoms with E-state index in [0.29, 0.717) is 16.4 Å². The van der Waals surface area contributed by atoms with Gasteiger partial charge in [-0.2, -0.15) is 0 Å². The van der Waals surface area contributed by atoms with Gasteiger partial charge >= 0.3 is 11.9 Å². The fourth-order valence-corrected chi connectivity index (χ4v) is 1.99. The Kier molecular flexibility index (Phi) is 4.53. The van der Waals surface area contributed by atoms with Gasteiger partial charge in [0.2, 0.25) is 0 Å². The Morgan fingerprint density at radius 2 is 1.75 bits per heavy atom. The summed E-state index contributed by atoms with van der Waals surface area (Å²) in [4.78, 5) is 23.8. The molecule has 0 unspecified atom stereocenters. The molecule has 0 saturated heterocycles. The Labute approximate surface area is 121 Å². The van der Waals surface area contributed by atoms with E-state index < -0.39 is 5.97 Å². The van der Waals surface area contributed by atoms with Gasteiger partial charge in [0.25, 0.3) is 0 Å². The molecular weight excluding hydrogens is 276 g/mol. The van der Waals surface area contributed by atoms with Crippen LogP contribution in [0.4, 0.5) is 0 Å². The SMILES string of the molecule is CC(C)C(=O)Oc1cccc(OC(=O)c2cccs2)c1. The number of rotatable bonds is 4. The van der Waals surface area contributed by atoms with Crippen LogP contribution in [0.5, 0.6) is 11.5 Å². The van der Waals surface area contributed by atoms with Crippen molar-refractivity contribution in [3.63, 3.8) is 0 Å². The molecule has 0 atom stereocenters. The second-order valence-electron chi connectivity index (χ2n) is 4.42. The molecule has 0 aliphatic rings. The summed E-state index contributed by atoms with van der Waals surface area (Å²) in [5.74, 6) is -0.260. The number of esters is 2. The molecule has 0 fully saturated rings. The molecule has 104 valence electrons. The summed E-state index contributed by atoms with van der Waals surface area (Å²) in [7, 11) is 0. The van der Waals surface area contributed by atoms with Gasteiger partial charge in [0.15, 0.2) is 0 Å². The number of benzene rings is 1. The summed E-state index contributed by atoms with van der Waals surface area (Å²) < 4.78 is 10.4. The van der Waals surface area contributed by atoms with Crippen LogP contribution < -0.4 is 9.47 Å². The van der Waals surface area contributed by atoms with E-state index in [1.54, 1.807) is 49.6 Å². The Bertz CT molecular complexity index is 602. The largest absolute Gasteiger partial charge is 0.426 e. The van der Waals surface area contributed by atoms with Gasteiger partial charge in [-0.1, -0.05) is 26.0 Å². The van der Waals surface area contributed by atoms with Crippen LogP contribution >= 0.6 is 11.3 Å². The van der Waals surface area contributed by atoms with Crippen molar-refractivity contribution in [1.82, 2.24) is 0 Å². The van der Waals surface area contributed by atoms with Crippen molar-refractivity contribution >= 4 is 23.3 Å². The summed E-state index contributed by atoms with van der Waals surface area (Å²) in [6, 6.07) is 9.93. The van der Waals surface area contributed by atoms with E-state index in [0.717, 1.165) is 0 Å². The minimum absolute atomic E-state index is 0.215. The fraction of sp³-hybridized carbons (Fsp3) is 0.200. The van der Waals surface area contributed by atoms with Gasteiger partial charge in [0.1, 0.15) is 16.4 Å². The average molecular weight is 290 g/mol. The molecule has 0 spiro atoms. The van der Waals surface area contributed by atoms with Crippen LogP contribution in [-0.2, 0) is 4.79 Å². The van der Waals surface area contributed by atoms with Crippen LogP contribution in [0.25, 0.3) is 0 Å². The lowest BCUT2D eigenvalue weighted by atomic mass is 10.2. The van der Waals surface area contributed by atoms with E-state index in [-0.39, 0.29) is 11.9 Å². The molecule has 2 aromatic rings. The summed E-state index contributed by atoms with van der Waals surface area (Å²) in [5.41, 5.74) is 0. The van der Waals surface area contributed by atoms with Crippen molar-refractivity contribution in [1.29, 1.82) is 0 Å². The second kappa shape index (κ2) is 6.34. The first kappa shape index (κ1) is 14.3. The molecule has 0 bridgehead atoms. The van der Waals surface area contributed by atoms with Gasteiger partial charge in [0.05, 0.1) is 5.92 Å². The summed E-state index contributed by atoms with van der Waals surface area (Å²) in [6.45, 7) is 3.51. The zero-order valence-electron chi connectivity index (χ0n) is 11.2. The normalized spacial score (nSPS) is 10.3. The molecule has 0 N–H and O–H groups in total. The fourth-order valence-electron chi connectivity index (χ4n) is 1.39. The third kappa shape index (κ3) is 3.68. The molecule has 0 saturated carbocycles. The highest BCUT2D eigenvalue weighted by Crippen LogP contribution is 2.22. The molecule has 0 aliphatic heterocycles. The van der Waals surface area contributed by atoms with Crippen molar-refractivity contribution in [2.45, 2.75) is 13.8 Å². The van der Waals surface area contributed by atoms with Crippen molar-refractivity contribution in [3.05, 3.63) is 46.7 Å². The van der Waals surface area contributed by atoms with Crippen LogP contribution in [0.2, 0.25) is 0 Å². The molecule has 5 heteroatoms. The van der Waals surface area contributed by atoms with Crippen molar-refractivity contribution in [3.8, 4) is 11.5 Å². The molecule has 1 aromatic heterocycles. The summed E-state index contributed by atoms with van der Waals surface area (Å²) in [6.07, 6.45) is 0. The third-order valence-electron chi connectivity index (χ3n) is 2.43.